The summed E-state index contributed by atoms with van der Waals surface area (Å²) >= 11 is 0. The fourth-order valence-corrected chi connectivity index (χ4v) is 4.06. The lowest BCUT2D eigenvalue weighted by Gasteiger charge is -2.44. The van der Waals surface area contributed by atoms with Crippen molar-refractivity contribution in [3.63, 3.8) is 0 Å². The molecule has 142 valence electrons. The van der Waals surface area contributed by atoms with Gasteiger partial charge in [-0.25, -0.2) is 0 Å². The van der Waals surface area contributed by atoms with Crippen LogP contribution in [0, 0.1) is 0 Å². The summed E-state index contributed by atoms with van der Waals surface area (Å²) in [5.41, 5.74) is 1.14. The van der Waals surface area contributed by atoms with E-state index in [4.69, 9.17) is 18.9 Å². The van der Waals surface area contributed by atoms with Gasteiger partial charge in [-0.1, -0.05) is 30.3 Å². The fraction of sp³-hybridized carbons (Fsp3) is 0.455. The molecule has 0 bridgehead atoms. The van der Waals surface area contributed by atoms with E-state index in [0.717, 1.165) is 61.7 Å². The molecular weight excluding hydrogens is 342 g/mol. The Morgan fingerprint density at radius 1 is 0.926 bits per heavy atom. The quantitative estimate of drug-likeness (QED) is 0.829. The van der Waals surface area contributed by atoms with Crippen LogP contribution in [0.25, 0.3) is 0 Å². The minimum atomic E-state index is -0.450. The molecule has 0 aromatic heterocycles. The maximum Gasteiger partial charge on any atom is 0.213 e. The average molecular weight is 367 g/mol. The first-order valence-corrected chi connectivity index (χ1v) is 9.81. The number of likely N-dealkylation sites (tertiary alicyclic amines) is 1. The number of para-hydroxylation sites is 3. The number of fused-ring (bicyclic) bond motifs is 2. The van der Waals surface area contributed by atoms with E-state index in [0.29, 0.717) is 13.2 Å². The molecule has 27 heavy (non-hydrogen) atoms. The molecule has 3 aliphatic rings. The Hall–Kier alpha value is -2.24. The van der Waals surface area contributed by atoms with Crippen molar-refractivity contribution in [2.24, 2.45) is 0 Å². The molecule has 0 radical (unpaired) electrons. The lowest BCUT2D eigenvalue weighted by Crippen LogP contribution is -2.51. The van der Waals surface area contributed by atoms with Crippen molar-refractivity contribution in [2.45, 2.75) is 37.8 Å². The van der Waals surface area contributed by atoms with Crippen LogP contribution in [0.3, 0.4) is 0 Å². The van der Waals surface area contributed by atoms with Gasteiger partial charge in [0.1, 0.15) is 18.5 Å². The maximum atomic E-state index is 6.25. The first-order valence-electron chi connectivity index (χ1n) is 9.81. The average Bonchev–Trinajstić information content (AvgIpc) is 2.73. The van der Waals surface area contributed by atoms with Gasteiger partial charge in [0, 0.05) is 44.5 Å². The number of hydrogen-bond acceptors (Lipinski definition) is 5. The van der Waals surface area contributed by atoms with E-state index in [1.165, 1.54) is 0 Å². The summed E-state index contributed by atoms with van der Waals surface area (Å²) in [5.74, 6) is 2.23. The molecule has 3 heterocycles. The van der Waals surface area contributed by atoms with Gasteiger partial charge in [-0.3, -0.25) is 0 Å². The summed E-state index contributed by atoms with van der Waals surface area (Å²) in [6, 6.07) is 16.1. The van der Waals surface area contributed by atoms with Crippen molar-refractivity contribution in [1.29, 1.82) is 0 Å². The molecule has 5 nitrogen and oxygen atoms in total. The predicted molar refractivity (Wildman–Crippen MR) is 101 cm³/mol. The minimum Gasteiger partial charge on any atom is -0.486 e. The third kappa shape index (κ3) is 3.49. The Morgan fingerprint density at radius 3 is 2.52 bits per heavy atom. The molecule has 0 N–H and O–H groups in total. The number of ether oxygens (including phenoxy) is 4. The highest BCUT2D eigenvalue weighted by molar-refractivity contribution is 5.40. The second-order valence-electron chi connectivity index (χ2n) is 7.54. The summed E-state index contributed by atoms with van der Waals surface area (Å²) in [6.07, 6.45) is 2.87. The van der Waals surface area contributed by atoms with E-state index in [-0.39, 0.29) is 6.10 Å². The molecule has 0 amide bonds. The summed E-state index contributed by atoms with van der Waals surface area (Å²) in [6.45, 7) is 4.22. The van der Waals surface area contributed by atoms with Gasteiger partial charge in [0.05, 0.1) is 6.61 Å². The van der Waals surface area contributed by atoms with Crippen LogP contribution in [-0.2, 0) is 11.3 Å². The molecule has 1 unspecified atom stereocenters. The van der Waals surface area contributed by atoms with Crippen LogP contribution in [0.15, 0.2) is 48.5 Å². The Balaban J connectivity index is 1.12. The minimum absolute atomic E-state index is 0.116. The first kappa shape index (κ1) is 16.9. The highest BCUT2D eigenvalue weighted by atomic mass is 16.7. The fourth-order valence-electron chi connectivity index (χ4n) is 4.06. The van der Waals surface area contributed by atoms with Gasteiger partial charge in [-0.05, 0) is 18.2 Å². The predicted octanol–water partition coefficient (Wildman–Crippen LogP) is 3.62. The van der Waals surface area contributed by atoms with Crippen LogP contribution in [0.4, 0.5) is 0 Å². The molecule has 1 fully saturated rings. The van der Waals surface area contributed by atoms with Gasteiger partial charge in [0.15, 0.2) is 11.5 Å². The number of nitrogens with zero attached hydrogens (tertiary/aromatic N) is 1. The Morgan fingerprint density at radius 2 is 1.67 bits per heavy atom. The maximum absolute atomic E-state index is 6.25. The Labute approximate surface area is 159 Å². The molecule has 5 heteroatoms. The highest BCUT2D eigenvalue weighted by Crippen LogP contribution is 2.37. The zero-order valence-corrected chi connectivity index (χ0v) is 15.4. The van der Waals surface area contributed by atoms with E-state index in [1.807, 2.05) is 42.5 Å². The van der Waals surface area contributed by atoms with Crippen molar-refractivity contribution in [2.75, 3.05) is 26.2 Å². The van der Waals surface area contributed by atoms with E-state index in [1.54, 1.807) is 0 Å². The molecule has 0 saturated carbocycles. The van der Waals surface area contributed by atoms with Gasteiger partial charge in [0.25, 0.3) is 0 Å². The van der Waals surface area contributed by atoms with Crippen molar-refractivity contribution < 1.29 is 18.9 Å². The third-order valence-electron chi connectivity index (χ3n) is 5.71. The lowest BCUT2D eigenvalue weighted by atomic mass is 10.0. The van der Waals surface area contributed by atoms with Crippen LogP contribution < -0.4 is 14.2 Å². The zero-order chi connectivity index (χ0) is 18.1. The number of piperidine rings is 1. The van der Waals surface area contributed by atoms with Crippen LogP contribution in [0.5, 0.6) is 17.2 Å². The molecular formula is C22H25NO4. The van der Waals surface area contributed by atoms with Gasteiger partial charge < -0.3 is 23.8 Å². The second kappa shape index (κ2) is 7.06. The van der Waals surface area contributed by atoms with Crippen LogP contribution in [0.1, 0.15) is 24.8 Å². The highest BCUT2D eigenvalue weighted by Gasteiger charge is 2.40. The monoisotopic (exact) mass is 367 g/mol. The van der Waals surface area contributed by atoms with E-state index < -0.39 is 5.79 Å². The molecule has 1 spiro atoms. The van der Waals surface area contributed by atoms with Crippen molar-refractivity contribution in [3.05, 3.63) is 54.1 Å². The first-order chi connectivity index (χ1) is 13.3. The van der Waals surface area contributed by atoms with Crippen molar-refractivity contribution >= 4 is 0 Å². The second-order valence-corrected chi connectivity index (χ2v) is 7.54. The molecule has 1 saturated heterocycles. The van der Waals surface area contributed by atoms with Crippen molar-refractivity contribution in [1.82, 2.24) is 4.90 Å². The molecule has 5 rings (SSSR count). The van der Waals surface area contributed by atoms with Crippen LogP contribution >= 0.6 is 0 Å². The molecule has 1 atom stereocenters. The third-order valence-corrected chi connectivity index (χ3v) is 5.71. The van der Waals surface area contributed by atoms with Gasteiger partial charge >= 0.3 is 0 Å². The number of benzene rings is 2. The zero-order valence-electron chi connectivity index (χ0n) is 15.4. The number of hydrogen-bond donors (Lipinski definition) is 0. The smallest absolute Gasteiger partial charge is 0.213 e. The topological polar surface area (TPSA) is 40.2 Å². The Kier molecular flexibility index (Phi) is 4.42. The van der Waals surface area contributed by atoms with Gasteiger partial charge in [-0.2, -0.15) is 0 Å². The molecule has 2 aromatic rings. The van der Waals surface area contributed by atoms with Gasteiger partial charge in [0.2, 0.25) is 5.79 Å². The molecule has 3 aliphatic heterocycles. The normalized spacial score (nSPS) is 23.5. The van der Waals surface area contributed by atoms with E-state index in [9.17, 15) is 0 Å². The largest absolute Gasteiger partial charge is 0.486 e. The van der Waals surface area contributed by atoms with E-state index in [2.05, 4.69) is 11.0 Å². The SMILES string of the molecule is c1ccc2c(c1)COC1(CCN(CCC3COc4ccccc4O3)CC1)O2. The standard InChI is InChI=1S/C22H25NO4/c1-2-6-19-17(5-1)15-25-22(27-19)10-13-23(14-11-22)12-9-18-16-24-20-7-3-4-8-21(20)26-18/h1-8,18H,9-16H2. The summed E-state index contributed by atoms with van der Waals surface area (Å²) in [7, 11) is 0. The van der Waals surface area contributed by atoms with Crippen LogP contribution in [0.2, 0.25) is 0 Å². The molecule has 0 aliphatic carbocycles. The summed E-state index contributed by atoms with van der Waals surface area (Å²) in [4.78, 5) is 2.47. The van der Waals surface area contributed by atoms with Gasteiger partial charge in [-0.15, -0.1) is 0 Å². The lowest BCUT2D eigenvalue weighted by molar-refractivity contribution is -0.228. The summed E-state index contributed by atoms with van der Waals surface area (Å²) in [5, 5.41) is 0. The number of rotatable bonds is 3. The Bertz CT molecular complexity index is 798. The summed E-state index contributed by atoms with van der Waals surface area (Å²) < 4.78 is 24.3. The molecule has 2 aromatic carbocycles. The van der Waals surface area contributed by atoms with E-state index >= 15 is 0 Å². The van der Waals surface area contributed by atoms with Crippen molar-refractivity contribution in [3.8, 4) is 17.2 Å². The van der Waals surface area contributed by atoms with Crippen LogP contribution in [-0.4, -0.2) is 43.0 Å².